The highest BCUT2D eigenvalue weighted by Crippen LogP contribution is 2.24. The van der Waals surface area contributed by atoms with Crippen LogP contribution in [0.4, 0.5) is 0 Å². The Morgan fingerprint density at radius 3 is 2.57 bits per heavy atom. The second-order valence-electron chi connectivity index (χ2n) is 5.81. The zero-order chi connectivity index (χ0) is 17.5. The zero-order valence-corrected chi connectivity index (χ0v) is 16.2. The van der Waals surface area contributed by atoms with Crippen LogP contribution in [0.1, 0.15) is 32.1 Å². The average molecular weight is 361 g/mol. The second kappa shape index (κ2) is 9.24. The van der Waals surface area contributed by atoms with Crippen LogP contribution in [0, 0.1) is 5.92 Å². The first-order valence-corrected chi connectivity index (χ1v) is 10.1. The maximum atomic E-state index is 12.1. The van der Waals surface area contributed by atoms with Crippen LogP contribution < -0.4 is 10.6 Å². The van der Waals surface area contributed by atoms with Crippen LogP contribution in [-0.4, -0.2) is 45.9 Å². The maximum Gasteiger partial charge on any atom is 0.252 e. The maximum absolute atomic E-state index is 12.1. The van der Waals surface area contributed by atoms with Gasteiger partial charge in [0.25, 0.3) is 10.0 Å². The number of nitrogens with one attached hydrogen (secondary N) is 2. The molecule has 0 fully saturated rings. The summed E-state index contributed by atoms with van der Waals surface area (Å²) in [5, 5.41) is 6.49. The molecule has 1 rings (SSSR count). The van der Waals surface area contributed by atoms with Crippen LogP contribution in [0.2, 0.25) is 0 Å². The van der Waals surface area contributed by atoms with Gasteiger partial charge in [0.2, 0.25) is 0 Å². The van der Waals surface area contributed by atoms with Crippen molar-refractivity contribution in [2.24, 2.45) is 10.9 Å². The van der Waals surface area contributed by atoms with E-state index in [4.69, 9.17) is 0 Å². The third kappa shape index (κ3) is 6.48. The van der Waals surface area contributed by atoms with E-state index in [1.165, 1.54) is 29.7 Å². The van der Waals surface area contributed by atoms with Crippen molar-refractivity contribution >= 4 is 27.3 Å². The molecule has 1 aromatic rings. The number of rotatable bonds is 8. The van der Waals surface area contributed by atoms with Crippen molar-refractivity contribution < 1.29 is 8.42 Å². The van der Waals surface area contributed by atoms with Crippen molar-refractivity contribution in [3.05, 3.63) is 17.0 Å². The van der Waals surface area contributed by atoms with E-state index in [0.29, 0.717) is 16.7 Å². The molecule has 0 aliphatic heterocycles. The van der Waals surface area contributed by atoms with Crippen molar-refractivity contribution in [1.82, 2.24) is 14.9 Å². The van der Waals surface area contributed by atoms with Gasteiger partial charge in [0.15, 0.2) is 5.96 Å². The third-order valence-corrected chi connectivity index (χ3v) is 6.48. The molecular formula is C15H28N4O2S2. The number of guanidine groups is 1. The Bertz CT molecular complexity index is 607. The molecule has 1 heterocycles. The minimum Gasteiger partial charge on any atom is -0.357 e. The molecule has 0 bridgehead atoms. The van der Waals surface area contributed by atoms with E-state index < -0.39 is 10.0 Å². The Labute approximate surface area is 144 Å². The van der Waals surface area contributed by atoms with Crippen molar-refractivity contribution in [2.75, 3.05) is 27.2 Å². The first kappa shape index (κ1) is 19.9. The van der Waals surface area contributed by atoms with Gasteiger partial charge in [-0.2, -0.15) is 0 Å². The lowest BCUT2D eigenvalue weighted by Gasteiger charge is -2.12. The molecule has 0 saturated carbocycles. The molecule has 0 amide bonds. The summed E-state index contributed by atoms with van der Waals surface area (Å²) in [7, 11) is -0.283. The Balaban J connectivity index is 2.71. The summed E-state index contributed by atoms with van der Waals surface area (Å²) in [4.78, 5) is 5.44. The molecule has 8 heteroatoms. The highest BCUT2D eigenvalue weighted by molar-refractivity contribution is 7.91. The van der Waals surface area contributed by atoms with E-state index in [1.807, 2.05) is 13.0 Å². The van der Waals surface area contributed by atoms with Crippen LogP contribution >= 0.6 is 11.3 Å². The van der Waals surface area contributed by atoms with E-state index >= 15 is 0 Å². The Hall–Kier alpha value is -1.12. The van der Waals surface area contributed by atoms with Crippen LogP contribution in [0.5, 0.6) is 0 Å². The summed E-state index contributed by atoms with van der Waals surface area (Å²) in [6.45, 7) is 8.51. The van der Waals surface area contributed by atoms with Gasteiger partial charge < -0.3 is 10.6 Å². The van der Waals surface area contributed by atoms with Crippen LogP contribution in [-0.2, 0) is 16.6 Å². The molecule has 23 heavy (non-hydrogen) atoms. The number of sulfonamides is 1. The normalized spacial score (nSPS) is 12.9. The van der Waals surface area contributed by atoms with E-state index in [2.05, 4.69) is 29.5 Å². The summed E-state index contributed by atoms with van der Waals surface area (Å²) >= 11 is 1.26. The highest BCUT2D eigenvalue weighted by Gasteiger charge is 2.19. The number of hydrogen-bond acceptors (Lipinski definition) is 4. The SMILES string of the molecule is CCNC(=NCc1ccc(S(=O)(=O)N(C)C)s1)NCCC(C)C. The van der Waals surface area contributed by atoms with Crippen LogP contribution in [0.15, 0.2) is 21.3 Å². The molecule has 132 valence electrons. The van der Waals surface area contributed by atoms with Crippen molar-refractivity contribution in [1.29, 1.82) is 0 Å². The molecule has 1 aromatic heterocycles. The minimum absolute atomic E-state index is 0.352. The lowest BCUT2D eigenvalue weighted by atomic mass is 10.1. The first-order valence-electron chi connectivity index (χ1n) is 7.80. The van der Waals surface area contributed by atoms with Gasteiger partial charge in [0, 0.05) is 32.1 Å². The fourth-order valence-corrected chi connectivity index (χ4v) is 4.19. The summed E-state index contributed by atoms with van der Waals surface area (Å²) < 4.78 is 25.7. The van der Waals surface area contributed by atoms with Gasteiger partial charge in [0.05, 0.1) is 6.54 Å². The van der Waals surface area contributed by atoms with E-state index in [0.717, 1.165) is 30.3 Å². The fraction of sp³-hybridized carbons (Fsp3) is 0.667. The van der Waals surface area contributed by atoms with Gasteiger partial charge in [-0.1, -0.05) is 13.8 Å². The molecule has 0 saturated heterocycles. The zero-order valence-electron chi connectivity index (χ0n) is 14.6. The first-order chi connectivity index (χ1) is 10.8. The molecule has 0 atom stereocenters. The summed E-state index contributed by atoms with van der Waals surface area (Å²) in [6.07, 6.45) is 1.08. The van der Waals surface area contributed by atoms with Crippen molar-refractivity contribution in [3.8, 4) is 0 Å². The van der Waals surface area contributed by atoms with Crippen molar-refractivity contribution in [3.63, 3.8) is 0 Å². The topological polar surface area (TPSA) is 73.8 Å². The number of hydrogen-bond donors (Lipinski definition) is 2. The smallest absolute Gasteiger partial charge is 0.252 e. The second-order valence-corrected chi connectivity index (χ2v) is 9.36. The van der Waals surface area contributed by atoms with Gasteiger partial charge in [-0.25, -0.2) is 17.7 Å². The Morgan fingerprint density at radius 1 is 1.30 bits per heavy atom. The van der Waals surface area contributed by atoms with Gasteiger partial charge in [-0.05, 0) is 31.4 Å². The molecular weight excluding hydrogens is 332 g/mol. The standard InChI is InChI=1S/C15H28N4O2S2/c1-6-16-15(17-10-9-12(2)3)18-11-13-7-8-14(22-13)23(20,21)19(4)5/h7-8,12H,6,9-11H2,1-5H3,(H2,16,17,18). The van der Waals surface area contributed by atoms with Gasteiger partial charge in [0.1, 0.15) is 4.21 Å². The summed E-state index contributed by atoms with van der Waals surface area (Å²) in [6, 6.07) is 3.46. The summed E-state index contributed by atoms with van der Waals surface area (Å²) in [5.74, 6) is 1.40. The Kier molecular flexibility index (Phi) is 8.01. The lowest BCUT2D eigenvalue weighted by Crippen LogP contribution is -2.38. The van der Waals surface area contributed by atoms with Crippen LogP contribution in [0.25, 0.3) is 0 Å². The number of thiophene rings is 1. The molecule has 0 aliphatic rings. The van der Waals surface area contributed by atoms with Gasteiger partial charge >= 0.3 is 0 Å². The number of aliphatic imine (C=N–C) groups is 1. The number of nitrogens with zero attached hydrogens (tertiary/aromatic N) is 2. The van der Waals surface area contributed by atoms with Gasteiger partial charge in [-0.15, -0.1) is 11.3 Å². The van der Waals surface area contributed by atoms with E-state index in [-0.39, 0.29) is 0 Å². The minimum atomic E-state index is -3.36. The van der Waals surface area contributed by atoms with E-state index in [1.54, 1.807) is 6.07 Å². The molecule has 0 unspecified atom stereocenters. The third-order valence-electron chi connectivity index (χ3n) is 3.12. The highest BCUT2D eigenvalue weighted by atomic mass is 32.2. The predicted molar refractivity (Wildman–Crippen MR) is 97.5 cm³/mol. The van der Waals surface area contributed by atoms with E-state index in [9.17, 15) is 8.42 Å². The molecule has 0 aromatic carbocycles. The molecule has 6 nitrogen and oxygen atoms in total. The molecule has 0 spiro atoms. The molecule has 0 aliphatic carbocycles. The fourth-order valence-electron chi connectivity index (χ4n) is 1.74. The monoisotopic (exact) mass is 360 g/mol. The predicted octanol–water partition coefficient (Wildman–Crippen LogP) is 2.10. The average Bonchev–Trinajstić information content (AvgIpc) is 2.93. The molecule has 2 N–H and O–H groups in total. The van der Waals surface area contributed by atoms with Crippen LogP contribution in [0.3, 0.4) is 0 Å². The summed E-state index contributed by atoms with van der Waals surface area (Å²) in [5.41, 5.74) is 0. The Morgan fingerprint density at radius 2 is 2.00 bits per heavy atom. The quantitative estimate of drug-likeness (QED) is 0.550. The lowest BCUT2D eigenvalue weighted by molar-refractivity contribution is 0.523. The largest absolute Gasteiger partial charge is 0.357 e. The van der Waals surface area contributed by atoms with Gasteiger partial charge in [-0.3, -0.25) is 0 Å². The van der Waals surface area contributed by atoms with Crippen molar-refractivity contribution in [2.45, 2.75) is 37.9 Å². The molecule has 0 radical (unpaired) electrons.